The van der Waals surface area contributed by atoms with Gasteiger partial charge in [0.2, 0.25) is 5.91 Å². The molecule has 0 saturated heterocycles. The topological polar surface area (TPSA) is 97.1 Å². The van der Waals surface area contributed by atoms with Crippen molar-refractivity contribution in [3.8, 4) is 5.75 Å². The zero-order chi connectivity index (χ0) is 14.4. The van der Waals surface area contributed by atoms with Crippen molar-refractivity contribution in [2.24, 2.45) is 0 Å². The van der Waals surface area contributed by atoms with Crippen molar-refractivity contribution in [2.45, 2.75) is 13.0 Å². The van der Waals surface area contributed by atoms with Crippen LogP contribution in [0.15, 0.2) is 30.6 Å². The summed E-state index contributed by atoms with van der Waals surface area (Å²) in [5.74, 6) is 1.34. The number of aromatic amines is 1. The largest absolute Gasteiger partial charge is 0.493 e. The molecule has 3 N–H and O–H groups in total. The van der Waals surface area contributed by atoms with Crippen LogP contribution in [0.3, 0.4) is 0 Å². The first-order valence-corrected chi connectivity index (χ1v) is 6.21. The van der Waals surface area contributed by atoms with Gasteiger partial charge in [-0.25, -0.2) is 4.98 Å². The van der Waals surface area contributed by atoms with E-state index in [1.165, 1.54) is 6.33 Å². The Bertz CT molecular complexity index is 538. The lowest BCUT2D eigenvalue weighted by Gasteiger charge is -2.15. The number of amides is 1. The van der Waals surface area contributed by atoms with E-state index < -0.39 is 0 Å². The molecule has 2 rings (SSSR count). The summed E-state index contributed by atoms with van der Waals surface area (Å²) in [6, 6.07) is 7.07. The van der Waals surface area contributed by atoms with Gasteiger partial charge in [0.25, 0.3) is 0 Å². The van der Waals surface area contributed by atoms with Gasteiger partial charge in [-0.05, 0) is 24.3 Å². The molecule has 0 aliphatic rings. The second-order valence-corrected chi connectivity index (χ2v) is 4.35. The highest BCUT2D eigenvalue weighted by Gasteiger charge is 2.10. The predicted molar refractivity (Wildman–Crippen MR) is 73.8 cm³/mol. The fourth-order valence-corrected chi connectivity index (χ4v) is 1.63. The first-order chi connectivity index (χ1) is 9.65. The number of nitrogens with one attached hydrogen (secondary N) is 1. The standard InChI is InChI=1S/C13H17N5O2/c1-18(8-12-15-9-16-17-12)13(19)6-7-20-11-4-2-10(14)3-5-11/h2-5,9H,6-8,14H2,1H3,(H,15,16,17). The average molecular weight is 275 g/mol. The number of carbonyl (C=O) groups is 1. The van der Waals surface area contributed by atoms with Crippen LogP contribution in [0.5, 0.6) is 5.75 Å². The maximum atomic E-state index is 11.9. The molecule has 7 nitrogen and oxygen atoms in total. The number of rotatable bonds is 6. The van der Waals surface area contributed by atoms with E-state index in [1.807, 2.05) is 0 Å². The van der Waals surface area contributed by atoms with E-state index in [4.69, 9.17) is 10.5 Å². The van der Waals surface area contributed by atoms with Gasteiger partial charge in [0.15, 0.2) is 0 Å². The lowest BCUT2D eigenvalue weighted by molar-refractivity contribution is -0.131. The minimum Gasteiger partial charge on any atom is -0.493 e. The Balaban J connectivity index is 1.73. The molecule has 0 unspecified atom stereocenters. The molecule has 7 heteroatoms. The van der Waals surface area contributed by atoms with Crippen molar-refractivity contribution >= 4 is 11.6 Å². The van der Waals surface area contributed by atoms with Gasteiger partial charge in [0.05, 0.1) is 19.6 Å². The lowest BCUT2D eigenvalue weighted by atomic mass is 10.3. The fourth-order valence-electron chi connectivity index (χ4n) is 1.63. The summed E-state index contributed by atoms with van der Waals surface area (Å²) >= 11 is 0. The molecule has 0 saturated carbocycles. The first kappa shape index (κ1) is 13.9. The van der Waals surface area contributed by atoms with Gasteiger partial charge in [-0.1, -0.05) is 0 Å². The summed E-state index contributed by atoms with van der Waals surface area (Å²) in [4.78, 5) is 17.4. The van der Waals surface area contributed by atoms with E-state index in [2.05, 4.69) is 15.2 Å². The van der Waals surface area contributed by atoms with Gasteiger partial charge >= 0.3 is 0 Å². The molecule has 1 heterocycles. The number of hydrogen-bond acceptors (Lipinski definition) is 5. The Kier molecular flexibility index (Phi) is 4.54. The highest BCUT2D eigenvalue weighted by Crippen LogP contribution is 2.13. The van der Waals surface area contributed by atoms with E-state index in [9.17, 15) is 4.79 Å². The molecule has 0 aliphatic heterocycles. The third-order valence-electron chi connectivity index (χ3n) is 2.74. The maximum absolute atomic E-state index is 11.9. The minimum absolute atomic E-state index is 0.0168. The van der Waals surface area contributed by atoms with Crippen LogP contribution in [0.2, 0.25) is 0 Å². The van der Waals surface area contributed by atoms with Crippen molar-refractivity contribution < 1.29 is 9.53 Å². The normalized spacial score (nSPS) is 10.2. The quantitative estimate of drug-likeness (QED) is 0.760. The molecule has 1 aromatic carbocycles. The van der Waals surface area contributed by atoms with Crippen LogP contribution in [0.25, 0.3) is 0 Å². The van der Waals surface area contributed by atoms with Gasteiger partial charge in [-0.3, -0.25) is 9.89 Å². The number of H-pyrrole nitrogens is 1. The van der Waals surface area contributed by atoms with Crippen molar-refractivity contribution in [1.29, 1.82) is 0 Å². The van der Waals surface area contributed by atoms with Gasteiger partial charge in [-0.15, -0.1) is 0 Å². The summed E-state index contributed by atoms with van der Waals surface area (Å²) < 4.78 is 5.48. The van der Waals surface area contributed by atoms with Crippen LogP contribution in [0, 0.1) is 0 Å². The highest BCUT2D eigenvalue weighted by molar-refractivity contribution is 5.75. The Morgan fingerprint density at radius 3 is 2.80 bits per heavy atom. The molecule has 1 amide bonds. The van der Waals surface area contributed by atoms with Crippen molar-refractivity contribution in [2.75, 3.05) is 19.4 Å². The third kappa shape index (κ3) is 3.98. The molecule has 0 spiro atoms. The summed E-state index contributed by atoms with van der Waals surface area (Å²) in [5.41, 5.74) is 6.26. The zero-order valence-electron chi connectivity index (χ0n) is 11.2. The fraction of sp³-hybridized carbons (Fsp3) is 0.308. The summed E-state index contributed by atoms with van der Waals surface area (Å²) in [6.45, 7) is 0.726. The van der Waals surface area contributed by atoms with E-state index >= 15 is 0 Å². The van der Waals surface area contributed by atoms with Crippen LogP contribution in [-0.4, -0.2) is 39.6 Å². The first-order valence-electron chi connectivity index (χ1n) is 6.21. The van der Waals surface area contributed by atoms with Gasteiger partial charge in [-0.2, -0.15) is 5.10 Å². The number of nitrogens with zero attached hydrogens (tertiary/aromatic N) is 3. The smallest absolute Gasteiger partial charge is 0.226 e. The van der Waals surface area contributed by atoms with Crippen LogP contribution < -0.4 is 10.5 Å². The predicted octanol–water partition coefficient (Wildman–Crippen LogP) is 0.814. The van der Waals surface area contributed by atoms with Crippen LogP contribution in [-0.2, 0) is 11.3 Å². The summed E-state index contributed by atoms with van der Waals surface area (Å²) in [6.07, 6.45) is 1.72. The number of benzene rings is 1. The van der Waals surface area contributed by atoms with Crippen LogP contribution in [0.4, 0.5) is 5.69 Å². The molecule has 2 aromatic rings. The minimum atomic E-state index is -0.0168. The summed E-state index contributed by atoms with van der Waals surface area (Å²) in [5, 5.41) is 6.45. The Hall–Kier alpha value is -2.57. The monoisotopic (exact) mass is 275 g/mol. The highest BCUT2D eigenvalue weighted by atomic mass is 16.5. The maximum Gasteiger partial charge on any atom is 0.226 e. The number of nitrogen functional groups attached to an aromatic ring is 1. The number of ether oxygens (including phenoxy) is 1. The number of carbonyl (C=O) groups excluding carboxylic acids is 1. The molecule has 0 radical (unpaired) electrons. The van der Waals surface area contributed by atoms with Crippen molar-refractivity contribution in [3.63, 3.8) is 0 Å². The molecule has 0 atom stereocenters. The number of anilines is 1. The van der Waals surface area contributed by atoms with Crippen LogP contribution in [0.1, 0.15) is 12.2 Å². The molecule has 0 fully saturated rings. The van der Waals surface area contributed by atoms with E-state index in [1.54, 1.807) is 36.2 Å². The van der Waals surface area contributed by atoms with Crippen LogP contribution >= 0.6 is 0 Å². The molecular formula is C13H17N5O2. The molecule has 1 aromatic heterocycles. The molecule has 20 heavy (non-hydrogen) atoms. The number of aromatic nitrogens is 3. The van der Waals surface area contributed by atoms with E-state index in [-0.39, 0.29) is 5.91 Å². The number of nitrogens with two attached hydrogens (primary N) is 1. The van der Waals surface area contributed by atoms with Gasteiger partial charge in [0, 0.05) is 12.7 Å². The molecular weight excluding hydrogens is 258 g/mol. The Labute approximate surface area is 116 Å². The van der Waals surface area contributed by atoms with Crippen molar-refractivity contribution in [3.05, 3.63) is 36.4 Å². The summed E-state index contributed by atoms with van der Waals surface area (Å²) in [7, 11) is 1.72. The van der Waals surface area contributed by atoms with Gasteiger partial charge < -0.3 is 15.4 Å². The third-order valence-corrected chi connectivity index (χ3v) is 2.74. The van der Waals surface area contributed by atoms with Crippen molar-refractivity contribution in [1.82, 2.24) is 20.1 Å². The molecule has 0 aliphatic carbocycles. The lowest BCUT2D eigenvalue weighted by Crippen LogP contribution is -2.28. The molecule has 0 bridgehead atoms. The second-order valence-electron chi connectivity index (χ2n) is 4.35. The molecule has 106 valence electrons. The van der Waals surface area contributed by atoms with Gasteiger partial charge in [0.1, 0.15) is 17.9 Å². The number of hydrogen-bond donors (Lipinski definition) is 2. The van der Waals surface area contributed by atoms with E-state index in [0.717, 1.165) is 0 Å². The zero-order valence-corrected chi connectivity index (χ0v) is 11.2. The Morgan fingerprint density at radius 2 is 2.15 bits per heavy atom. The van der Waals surface area contributed by atoms with E-state index in [0.29, 0.717) is 36.8 Å². The average Bonchev–Trinajstić information content (AvgIpc) is 2.93. The SMILES string of the molecule is CN(Cc1ncn[nH]1)C(=O)CCOc1ccc(N)cc1. The Morgan fingerprint density at radius 1 is 1.40 bits per heavy atom. The second kappa shape index (κ2) is 6.55.